The maximum atomic E-state index is 5.35. The van der Waals surface area contributed by atoms with E-state index in [9.17, 15) is 0 Å². The number of anilines is 1. The summed E-state index contributed by atoms with van der Waals surface area (Å²) < 4.78 is 7.26. The minimum Gasteiger partial charge on any atom is -0.378 e. The summed E-state index contributed by atoms with van der Waals surface area (Å²) in [5, 5.41) is 5.46. The Morgan fingerprint density at radius 3 is 2.88 bits per heavy atom. The third kappa shape index (κ3) is 1.55. The summed E-state index contributed by atoms with van der Waals surface area (Å²) in [4.78, 5) is 2.36. The number of fused-ring (bicyclic) bond motifs is 1. The van der Waals surface area contributed by atoms with E-state index in [0.29, 0.717) is 0 Å². The lowest BCUT2D eigenvalue weighted by Crippen LogP contribution is -2.36. The van der Waals surface area contributed by atoms with Crippen LogP contribution in [0.5, 0.6) is 0 Å². The summed E-state index contributed by atoms with van der Waals surface area (Å²) in [5.74, 6) is 0. The van der Waals surface area contributed by atoms with Crippen molar-refractivity contribution in [2.75, 3.05) is 31.2 Å². The van der Waals surface area contributed by atoms with Gasteiger partial charge in [-0.1, -0.05) is 0 Å². The lowest BCUT2D eigenvalue weighted by atomic mass is 10.2. The molecule has 2 aromatic rings. The molecule has 1 saturated heterocycles. The van der Waals surface area contributed by atoms with Gasteiger partial charge in [0.25, 0.3) is 0 Å². The number of nitrogens with zero attached hydrogens (tertiary/aromatic N) is 3. The van der Waals surface area contributed by atoms with Gasteiger partial charge in [-0.05, 0) is 18.2 Å². The van der Waals surface area contributed by atoms with E-state index < -0.39 is 0 Å². The monoisotopic (exact) mass is 217 g/mol. The van der Waals surface area contributed by atoms with E-state index in [1.54, 1.807) is 0 Å². The molecule has 1 fully saturated rings. The summed E-state index contributed by atoms with van der Waals surface area (Å²) in [7, 11) is 1.97. The number of aryl methyl sites for hydroxylation is 1. The second-order valence-corrected chi connectivity index (χ2v) is 4.11. The molecule has 3 rings (SSSR count). The zero-order valence-corrected chi connectivity index (χ0v) is 9.39. The van der Waals surface area contributed by atoms with Crippen LogP contribution in [0.15, 0.2) is 24.4 Å². The van der Waals surface area contributed by atoms with E-state index in [1.807, 2.05) is 17.9 Å². The molecule has 0 atom stereocenters. The van der Waals surface area contributed by atoms with Crippen LogP contribution in [0.4, 0.5) is 5.69 Å². The first-order chi connectivity index (χ1) is 7.84. The van der Waals surface area contributed by atoms with Crippen molar-refractivity contribution in [2.45, 2.75) is 0 Å². The quantitative estimate of drug-likeness (QED) is 0.723. The van der Waals surface area contributed by atoms with Crippen LogP contribution in [0.1, 0.15) is 0 Å². The largest absolute Gasteiger partial charge is 0.378 e. The van der Waals surface area contributed by atoms with E-state index in [0.717, 1.165) is 26.3 Å². The lowest BCUT2D eigenvalue weighted by Gasteiger charge is -2.28. The van der Waals surface area contributed by atoms with Crippen LogP contribution in [0.25, 0.3) is 10.9 Å². The van der Waals surface area contributed by atoms with Crippen molar-refractivity contribution < 1.29 is 4.74 Å². The predicted molar refractivity (Wildman–Crippen MR) is 63.7 cm³/mol. The molecule has 1 aromatic carbocycles. The standard InChI is InChI=1S/C12H15N3O/c1-14-12-3-2-11(8-10(12)9-13-14)15-4-6-16-7-5-15/h2-3,8-9H,4-7H2,1H3. The highest BCUT2D eigenvalue weighted by molar-refractivity contribution is 5.82. The topological polar surface area (TPSA) is 30.3 Å². The maximum Gasteiger partial charge on any atom is 0.0680 e. The minimum atomic E-state index is 0.824. The van der Waals surface area contributed by atoms with E-state index in [2.05, 4.69) is 28.2 Å². The summed E-state index contributed by atoms with van der Waals surface area (Å²) in [6, 6.07) is 6.50. The Bertz CT molecular complexity index is 500. The fourth-order valence-electron chi connectivity index (χ4n) is 2.17. The third-order valence-electron chi connectivity index (χ3n) is 3.11. The van der Waals surface area contributed by atoms with E-state index in [-0.39, 0.29) is 0 Å². The van der Waals surface area contributed by atoms with Gasteiger partial charge in [0.2, 0.25) is 0 Å². The molecule has 0 bridgehead atoms. The molecule has 1 aromatic heterocycles. The molecule has 4 nitrogen and oxygen atoms in total. The first kappa shape index (κ1) is 9.66. The SMILES string of the molecule is Cn1ncc2cc(N3CCOCC3)ccc21. The number of aromatic nitrogens is 2. The number of hydrogen-bond donors (Lipinski definition) is 0. The van der Waals surface area contributed by atoms with Crippen molar-refractivity contribution in [3.63, 3.8) is 0 Å². The fourth-order valence-corrected chi connectivity index (χ4v) is 2.17. The van der Waals surface area contributed by atoms with Crippen molar-refractivity contribution in [3.05, 3.63) is 24.4 Å². The van der Waals surface area contributed by atoms with Crippen LogP contribution < -0.4 is 4.90 Å². The molecule has 2 heterocycles. The van der Waals surface area contributed by atoms with Crippen molar-refractivity contribution in [2.24, 2.45) is 7.05 Å². The van der Waals surface area contributed by atoms with Gasteiger partial charge in [0.1, 0.15) is 0 Å². The number of morpholine rings is 1. The molecule has 16 heavy (non-hydrogen) atoms. The zero-order chi connectivity index (χ0) is 11.0. The van der Waals surface area contributed by atoms with E-state index in [1.165, 1.54) is 16.6 Å². The minimum absolute atomic E-state index is 0.824. The van der Waals surface area contributed by atoms with Crippen molar-refractivity contribution in [1.82, 2.24) is 9.78 Å². The molecular weight excluding hydrogens is 202 g/mol. The third-order valence-corrected chi connectivity index (χ3v) is 3.11. The molecule has 1 aliphatic heterocycles. The predicted octanol–water partition coefficient (Wildman–Crippen LogP) is 1.41. The van der Waals surface area contributed by atoms with Crippen LogP contribution in [0.2, 0.25) is 0 Å². The number of rotatable bonds is 1. The van der Waals surface area contributed by atoms with Gasteiger partial charge < -0.3 is 9.64 Å². The summed E-state index contributed by atoms with van der Waals surface area (Å²) in [5.41, 5.74) is 2.45. The van der Waals surface area contributed by atoms with Crippen LogP contribution >= 0.6 is 0 Å². The van der Waals surface area contributed by atoms with Gasteiger partial charge in [0.05, 0.1) is 24.9 Å². The van der Waals surface area contributed by atoms with Crippen molar-refractivity contribution in [1.29, 1.82) is 0 Å². The average Bonchev–Trinajstić information content (AvgIpc) is 2.72. The molecule has 0 aliphatic carbocycles. The van der Waals surface area contributed by atoms with Gasteiger partial charge in [-0.3, -0.25) is 4.68 Å². The highest BCUT2D eigenvalue weighted by Crippen LogP contribution is 2.22. The number of ether oxygens (including phenoxy) is 1. The Kier molecular flexibility index (Phi) is 2.29. The summed E-state index contributed by atoms with van der Waals surface area (Å²) >= 11 is 0. The lowest BCUT2D eigenvalue weighted by molar-refractivity contribution is 0.122. The highest BCUT2D eigenvalue weighted by Gasteiger charge is 2.11. The second kappa shape index (κ2) is 3.79. The normalized spacial score (nSPS) is 16.9. The molecule has 1 aliphatic rings. The molecule has 0 spiro atoms. The number of hydrogen-bond acceptors (Lipinski definition) is 3. The highest BCUT2D eigenvalue weighted by atomic mass is 16.5. The van der Waals surface area contributed by atoms with Gasteiger partial charge in [-0.2, -0.15) is 5.10 Å². The molecule has 0 saturated carbocycles. The van der Waals surface area contributed by atoms with Gasteiger partial charge >= 0.3 is 0 Å². The van der Waals surface area contributed by atoms with Crippen LogP contribution in [-0.4, -0.2) is 36.1 Å². The maximum absolute atomic E-state index is 5.35. The van der Waals surface area contributed by atoms with Gasteiger partial charge in [-0.25, -0.2) is 0 Å². The van der Waals surface area contributed by atoms with Crippen LogP contribution in [0.3, 0.4) is 0 Å². The van der Waals surface area contributed by atoms with Gasteiger partial charge in [0.15, 0.2) is 0 Å². The Labute approximate surface area is 94.4 Å². The van der Waals surface area contributed by atoms with E-state index in [4.69, 9.17) is 4.74 Å². The molecular formula is C12H15N3O. The average molecular weight is 217 g/mol. The Balaban J connectivity index is 1.97. The van der Waals surface area contributed by atoms with Crippen molar-refractivity contribution in [3.8, 4) is 0 Å². The van der Waals surface area contributed by atoms with Crippen LogP contribution in [0, 0.1) is 0 Å². The second-order valence-electron chi connectivity index (χ2n) is 4.11. The number of benzene rings is 1. The Morgan fingerprint density at radius 2 is 2.06 bits per heavy atom. The fraction of sp³-hybridized carbons (Fsp3) is 0.417. The van der Waals surface area contributed by atoms with E-state index >= 15 is 0 Å². The zero-order valence-electron chi connectivity index (χ0n) is 9.39. The summed E-state index contributed by atoms with van der Waals surface area (Å²) in [6.45, 7) is 3.60. The molecule has 84 valence electrons. The van der Waals surface area contributed by atoms with Crippen LogP contribution in [-0.2, 0) is 11.8 Å². The van der Waals surface area contributed by atoms with Crippen molar-refractivity contribution >= 4 is 16.6 Å². The molecule has 0 unspecified atom stereocenters. The first-order valence-electron chi connectivity index (χ1n) is 5.59. The Hall–Kier alpha value is -1.55. The molecule has 0 N–H and O–H groups in total. The van der Waals surface area contributed by atoms with Gasteiger partial charge in [-0.15, -0.1) is 0 Å². The van der Waals surface area contributed by atoms with Gasteiger partial charge in [0, 0.05) is 31.2 Å². The first-order valence-corrected chi connectivity index (χ1v) is 5.59. The smallest absolute Gasteiger partial charge is 0.0680 e. The molecule has 0 radical (unpaired) electrons. The Morgan fingerprint density at radius 1 is 1.25 bits per heavy atom. The molecule has 4 heteroatoms. The summed E-state index contributed by atoms with van der Waals surface area (Å²) in [6.07, 6.45) is 1.92. The molecule has 0 amide bonds.